The molecular formula is C26H19ClN2O2. The van der Waals surface area contributed by atoms with E-state index in [1.807, 2.05) is 48.5 Å². The van der Waals surface area contributed by atoms with E-state index in [1.54, 1.807) is 48.7 Å². The molecule has 4 rings (SSSR count). The molecule has 0 saturated carbocycles. The van der Waals surface area contributed by atoms with Crippen LogP contribution in [-0.2, 0) is 6.54 Å². The first kappa shape index (κ1) is 20.5. The molecular weight excluding hydrogens is 408 g/mol. The van der Waals surface area contributed by atoms with E-state index < -0.39 is 0 Å². The van der Waals surface area contributed by atoms with E-state index in [9.17, 15) is 9.59 Å². The molecule has 0 atom stereocenters. The molecule has 4 aromatic rings. The molecule has 0 spiro atoms. The smallest absolute Gasteiger partial charge is 0.211 e. The molecule has 1 aromatic heterocycles. The molecule has 1 heterocycles. The van der Waals surface area contributed by atoms with Crippen LogP contribution >= 0.6 is 11.6 Å². The minimum absolute atomic E-state index is 0.0751. The van der Waals surface area contributed by atoms with Crippen molar-refractivity contribution in [1.82, 2.24) is 4.98 Å². The number of hydrogen-bond donors (Lipinski definition) is 1. The zero-order chi connectivity index (χ0) is 21.6. The lowest BCUT2D eigenvalue weighted by Crippen LogP contribution is -2.06. The van der Waals surface area contributed by atoms with Crippen LogP contribution in [-0.4, -0.2) is 16.6 Å². The fourth-order valence-corrected chi connectivity index (χ4v) is 3.24. The lowest BCUT2D eigenvalue weighted by molar-refractivity contribution is 0.102. The highest BCUT2D eigenvalue weighted by atomic mass is 35.5. The van der Waals surface area contributed by atoms with Gasteiger partial charge in [0.15, 0.2) is 5.78 Å². The van der Waals surface area contributed by atoms with E-state index in [2.05, 4.69) is 10.3 Å². The van der Waals surface area contributed by atoms with Crippen molar-refractivity contribution < 1.29 is 9.59 Å². The van der Waals surface area contributed by atoms with Gasteiger partial charge in [0.25, 0.3) is 0 Å². The summed E-state index contributed by atoms with van der Waals surface area (Å²) in [6.07, 6.45) is 1.64. The lowest BCUT2D eigenvalue weighted by atomic mass is 10.00. The van der Waals surface area contributed by atoms with Crippen molar-refractivity contribution in [2.24, 2.45) is 0 Å². The number of nitrogens with one attached hydrogen (secondary N) is 1. The lowest BCUT2D eigenvalue weighted by Gasteiger charge is -2.07. The van der Waals surface area contributed by atoms with Gasteiger partial charge in [0.2, 0.25) is 5.78 Å². The third kappa shape index (κ3) is 5.05. The van der Waals surface area contributed by atoms with Crippen molar-refractivity contribution in [2.75, 3.05) is 5.32 Å². The van der Waals surface area contributed by atoms with Gasteiger partial charge in [-0.3, -0.25) is 14.6 Å². The maximum absolute atomic E-state index is 12.7. The summed E-state index contributed by atoms with van der Waals surface area (Å²) >= 11 is 5.90. The number of carbonyl (C=O) groups is 2. The molecule has 4 nitrogen and oxygen atoms in total. The average Bonchev–Trinajstić information content (AvgIpc) is 2.84. The number of aromatic nitrogens is 1. The SMILES string of the molecule is O=C(c1ccccc1)c1ccc(C(=O)c2ccc(NCc3ccc(Cl)cc3)cn2)cc1. The standard InChI is InChI=1S/C26H19ClN2O2/c27-22-12-6-18(7-13-22)16-28-23-14-15-24(29-17-23)26(31)21-10-8-20(9-11-21)25(30)19-4-2-1-3-5-19/h1-15,17,28H,16H2. The molecule has 3 aromatic carbocycles. The van der Waals surface area contributed by atoms with E-state index in [4.69, 9.17) is 11.6 Å². The van der Waals surface area contributed by atoms with Crippen molar-refractivity contribution >= 4 is 28.9 Å². The molecule has 0 fully saturated rings. The first-order chi connectivity index (χ1) is 15.1. The largest absolute Gasteiger partial charge is 0.380 e. The third-order valence-corrected chi connectivity index (χ3v) is 5.10. The Balaban J connectivity index is 1.41. The monoisotopic (exact) mass is 426 g/mol. The van der Waals surface area contributed by atoms with E-state index in [1.165, 1.54) is 0 Å². The van der Waals surface area contributed by atoms with Gasteiger partial charge < -0.3 is 5.32 Å². The number of nitrogens with zero attached hydrogens (tertiary/aromatic N) is 1. The molecule has 0 aliphatic rings. The van der Waals surface area contributed by atoms with Gasteiger partial charge in [-0.15, -0.1) is 0 Å². The van der Waals surface area contributed by atoms with Crippen molar-refractivity contribution in [2.45, 2.75) is 6.54 Å². The molecule has 5 heteroatoms. The van der Waals surface area contributed by atoms with E-state index >= 15 is 0 Å². The Morgan fingerprint density at radius 2 is 1.32 bits per heavy atom. The number of ketones is 2. The number of benzene rings is 3. The molecule has 0 bridgehead atoms. The molecule has 0 aliphatic heterocycles. The zero-order valence-electron chi connectivity index (χ0n) is 16.6. The topological polar surface area (TPSA) is 59.1 Å². The third-order valence-electron chi connectivity index (χ3n) is 4.85. The summed E-state index contributed by atoms with van der Waals surface area (Å²) in [5, 5.41) is 3.97. The summed E-state index contributed by atoms with van der Waals surface area (Å²) < 4.78 is 0. The molecule has 0 radical (unpaired) electrons. The maximum atomic E-state index is 12.7. The van der Waals surface area contributed by atoms with Gasteiger partial charge >= 0.3 is 0 Å². The molecule has 31 heavy (non-hydrogen) atoms. The van der Waals surface area contributed by atoms with Gasteiger partial charge in [0.1, 0.15) is 5.69 Å². The Morgan fingerprint density at radius 3 is 1.94 bits per heavy atom. The number of carbonyl (C=O) groups excluding carboxylic acids is 2. The Hall–Kier alpha value is -3.76. The predicted molar refractivity (Wildman–Crippen MR) is 123 cm³/mol. The van der Waals surface area contributed by atoms with Crippen LogP contribution in [0.4, 0.5) is 5.69 Å². The van der Waals surface area contributed by atoms with Crippen LogP contribution in [0.25, 0.3) is 0 Å². The number of pyridine rings is 1. The quantitative estimate of drug-likeness (QED) is 0.379. The molecule has 152 valence electrons. The molecule has 0 aliphatic carbocycles. The van der Waals surface area contributed by atoms with Crippen molar-refractivity contribution in [3.8, 4) is 0 Å². The van der Waals surface area contributed by atoms with Gasteiger partial charge in [0, 0.05) is 28.3 Å². The van der Waals surface area contributed by atoms with Gasteiger partial charge in [-0.2, -0.15) is 0 Å². The predicted octanol–water partition coefficient (Wildman–Crippen LogP) is 5.81. The summed E-state index contributed by atoms with van der Waals surface area (Å²) in [4.78, 5) is 29.5. The highest BCUT2D eigenvalue weighted by Gasteiger charge is 2.13. The first-order valence-corrected chi connectivity index (χ1v) is 10.2. The fourth-order valence-electron chi connectivity index (χ4n) is 3.12. The fraction of sp³-hybridized carbons (Fsp3) is 0.0385. The number of halogens is 1. The number of hydrogen-bond acceptors (Lipinski definition) is 4. The summed E-state index contributed by atoms with van der Waals surface area (Å²) in [5.74, 6) is -0.267. The molecule has 0 saturated heterocycles. The van der Waals surface area contributed by atoms with Gasteiger partial charge in [-0.25, -0.2) is 0 Å². The Bertz CT molecular complexity index is 1190. The second-order valence-electron chi connectivity index (χ2n) is 7.01. The number of rotatable bonds is 7. The van der Waals surface area contributed by atoms with E-state index in [0.717, 1.165) is 11.3 Å². The van der Waals surface area contributed by atoms with Crippen LogP contribution in [0.1, 0.15) is 37.5 Å². The second kappa shape index (κ2) is 9.37. The van der Waals surface area contributed by atoms with Crippen molar-refractivity contribution in [3.05, 3.63) is 130 Å². The summed E-state index contributed by atoms with van der Waals surface area (Å²) in [6, 6.07) is 26.8. The molecule has 0 unspecified atom stereocenters. The normalized spacial score (nSPS) is 10.5. The van der Waals surface area contributed by atoms with E-state index in [0.29, 0.717) is 34.0 Å². The second-order valence-corrected chi connectivity index (χ2v) is 7.45. The number of anilines is 1. The minimum atomic E-state index is -0.192. The van der Waals surface area contributed by atoms with Gasteiger partial charge in [0.05, 0.1) is 11.9 Å². The van der Waals surface area contributed by atoms with E-state index in [-0.39, 0.29) is 11.6 Å². The van der Waals surface area contributed by atoms with Gasteiger partial charge in [-0.1, -0.05) is 78.3 Å². The van der Waals surface area contributed by atoms with Crippen LogP contribution in [0.5, 0.6) is 0 Å². The van der Waals surface area contributed by atoms with Crippen LogP contribution < -0.4 is 5.32 Å². The van der Waals surface area contributed by atoms with Crippen LogP contribution in [0, 0.1) is 0 Å². The van der Waals surface area contributed by atoms with Crippen molar-refractivity contribution in [1.29, 1.82) is 0 Å². The Kier molecular flexibility index (Phi) is 6.20. The average molecular weight is 427 g/mol. The van der Waals surface area contributed by atoms with Gasteiger partial charge in [-0.05, 0) is 29.8 Å². The van der Waals surface area contributed by atoms with Crippen LogP contribution in [0.3, 0.4) is 0 Å². The first-order valence-electron chi connectivity index (χ1n) is 9.79. The zero-order valence-corrected chi connectivity index (χ0v) is 17.3. The highest BCUT2D eigenvalue weighted by molar-refractivity contribution is 6.30. The molecule has 1 N–H and O–H groups in total. The maximum Gasteiger partial charge on any atom is 0.211 e. The Labute approximate surface area is 185 Å². The highest BCUT2D eigenvalue weighted by Crippen LogP contribution is 2.16. The molecule has 0 amide bonds. The summed E-state index contributed by atoms with van der Waals surface area (Å²) in [5.41, 5.74) is 3.89. The Morgan fingerprint density at radius 1 is 0.710 bits per heavy atom. The summed E-state index contributed by atoms with van der Waals surface area (Å²) in [6.45, 7) is 0.628. The van der Waals surface area contributed by atoms with Crippen molar-refractivity contribution in [3.63, 3.8) is 0 Å². The minimum Gasteiger partial charge on any atom is -0.380 e. The summed E-state index contributed by atoms with van der Waals surface area (Å²) in [7, 11) is 0. The van der Waals surface area contributed by atoms with Crippen LogP contribution in [0.2, 0.25) is 5.02 Å². The van der Waals surface area contributed by atoms with Crippen LogP contribution in [0.15, 0.2) is 97.2 Å².